The first-order chi connectivity index (χ1) is 15.5. The van der Waals surface area contributed by atoms with E-state index in [0.29, 0.717) is 11.3 Å². The van der Waals surface area contributed by atoms with Gasteiger partial charge in [0.05, 0.1) is 18.0 Å². The Balaban J connectivity index is 1.70. The van der Waals surface area contributed by atoms with Gasteiger partial charge in [-0.1, -0.05) is 18.2 Å². The molecule has 0 aliphatic carbocycles. The van der Waals surface area contributed by atoms with Gasteiger partial charge in [-0.2, -0.15) is 5.26 Å². The fourth-order valence-electron chi connectivity index (χ4n) is 2.95. The molecule has 3 rings (SSSR count). The summed E-state index contributed by atoms with van der Waals surface area (Å²) in [6, 6.07) is 14.1. The van der Waals surface area contributed by atoms with E-state index in [1.807, 2.05) is 24.3 Å². The number of hydrogen-bond donors (Lipinski definition) is 3. The monoisotopic (exact) mass is 430 g/mol. The lowest BCUT2D eigenvalue weighted by molar-refractivity contribution is 0.0942. The number of aromatic nitrogens is 2. The predicted molar refractivity (Wildman–Crippen MR) is 119 cm³/mol. The van der Waals surface area contributed by atoms with E-state index in [9.17, 15) is 14.9 Å². The number of rotatable bonds is 7. The SMILES string of the molecule is CCOc1nc(C(=O)NCc2ccc(-c3cccc(C(=O)NC)c3)nc2)cc(N)c1C#N. The Morgan fingerprint density at radius 3 is 2.66 bits per heavy atom. The predicted octanol–water partition coefficient (Wildman–Crippen LogP) is 2.29. The molecule has 0 saturated heterocycles. The van der Waals surface area contributed by atoms with Crippen molar-refractivity contribution in [2.45, 2.75) is 13.5 Å². The maximum absolute atomic E-state index is 12.5. The Hall–Kier alpha value is -4.45. The highest BCUT2D eigenvalue weighted by Crippen LogP contribution is 2.23. The van der Waals surface area contributed by atoms with Gasteiger partial charge in [-0.25, -0.2) is 4.98 Å². The molecule has 1 aromatic carbocycles. The molecule has 4 N–H and O–H groups in total. The molecule has 2 aromatic heterocycles. The van der Waals surface area contributed by atoms with E-state index < -0.39 is 5.91 Å². The minimum Gasteiger partial charge on any atom is -0.477 e. The van der Waals surface area contributed by atoms with Gasteiger partial charge < -0.3 is 21.1 Å². The Bertz CT molecular complexity index is 1190. The van der Waals surface area contributed by atoms with E-state index in [0.717, 1.165) is 11.1 Å². The molecule has 0 unspecified atom stereocenters. The number of nitrogens with two attached hydrogens (primary N) is 1. The van der Waals surface area contributed by atoms with E-state index in [4.69, 9.17) is 10.5 Å². The highest BCUT2D eigenvalue weighted by atomic mass is 16.5. The van der Waals surface area contributed by atoms with Crippen LogP contribution in [0.3, 0.4) is 0 Å². The second-order valence-electron chi connectivity index (χ2n) is 6.72. The first-order valence-corrected chi connectivity index (χ1v) is 9.85. The van der Waals surface area contributed by atoms with Crippen LogP contribution in [0.25, 0.3) is 11.3 Å². The minimum absolute atomic E-state index is 0.0326. The third-order valence-corrected chi connectivity index (χ3v) is 4.57. The summed E-state index contributed by atoms with van der Waals surface area (Å²) in [4.78, 5) is 32.9. The largest absolute Gasteiger partial charge is 0.477 e. The van der Waals surface area contributed by atoms with Crippen LogP contribution in [0.2, 0.25) is 0 Å². The van der Waals surface area contributed by atoms with Gasteiger partial charge in [-0.05, 0) is 36.8 Å². The average molecular weight is 430 g/mol. The Morgan fingerprint density at radius 1 is 1.19 bits per heavy atom. The van der Waals surface area contributed by atoms with Gasteiger partial charge in [-0.3, -0.25) is 14.6 Å². The van der Waals surface area contributed by atoms with E-state index in [1.165, 1.54) is 6.07 Å². The van der Waals surface area contributed by atoms with Gasteiger partial charge in [0.1, 0.15) is 17.3 Å². The summed E-state index contributed by atoms with van der Waals surface area (Å²) in [5.74, 6) is -0.592. The zero-order valence-electron chi connectivity index (χ0n) is 17.7. The topological polar surface area (TPSA) is 143 Å². The van der Waals surface area contributed by atoms with Crippen molar-refractivity contribution in [2.75, 3.05) is 19.4 Å². The number of hydrogen-bond acceptors (Lipinski definition) is 7. The van der Waals surface area contributed by atoms with Crippen LogP contribution in [0.15, 0.2) is 48.7 Å². The molecule has 9 heteroatoms. The van der Waals surface area contributed by atoms with Crippen LogP contribution < -0.4 is 21.1 Å². The fourth-order valence-corrected chi connectivity index (χ4v) is 2.95. The summed E-state index contributed by atoms with van der Waals surface area (Å²) in [7, 11) is 1.58. The number of ether oxygens (including phenoxy) is 1. The lowest BCUT2D eigenvalue weighted by atomic mass is 10.1. The Morgan fingerprint density at radius 2 is 2.00 bits per heavy atom. The van der Waals surface area contributed by atoms with Crippen molar-refractivity contribution >= 4 is 17.5 Å². The summed E-state index contributed by atoms with van der Waals surface area (Å²) in [6.45, 7) is 2.25. The second-order valence-corrected chi connectivity index (χ2v) is 6.72. The minimum atomic E-state index is -0.454. The van der Waals surface area contributed by atoms with E-state index in [-0.39, 0.29) is 41.9 Å². The summed E-state index contributed by atoms with van der Waals surface area (Å²) in [5, 5.41) is 14.5. The first-order valence-electron chi connectivity index (χ1n) is 9.85. The molecule has 0 aliphatic heterocycles. The molecule has 0 radical (unpaired) electrons. The molecule has 0 aliphatic rings. The molecule has 9 nitrogen and oxygen atoms in total. The molecule has 32 heavy (non-hydrogen) atoms. The molecule has 0 saturated carbocycles. The highest BCUT2D eigenvalue weighted by Gasteiger charge is 2.16. The maximum Gasteiger partial charge on any atom is 0.270 e. The van der Waals surface area contributed by atoms with Gasteiger partial charge in [0.2, 0.25) is 5.88 Å². The smallest absolute Gasteiger partial charge is 0.270 e. The first kappa shape index (κ1) is 22.2. The van der Waals surface area contributed by atoms with Crippen LogP contribution in [0.5, 0.6) is 5.88 Å². The zero-order chi connectivity index (χ0) is 23.1. The van der Waals surface area contributed by atoms with Crippen molar-refractivity contribution in [1.29, 1.82) is 5.26 Å². The number of carbonyl (C=O) groups excluding carboxylic acids is 2. The molecule has 3 aromatic rings. The van der Waals surface area contributed by atoms with Gasteiger partial charge in [0.25, 0.3) is 11.8 Å². The molecule has 0 atom stereocenters. The second kappa shape index (κ2) is 10.0. The number of benzene rings is 1. The quantitative estimate of drug-likeness (QED) is 0.522. The molecule has 162 valence electrons. The summed E-state index contributed by atoms with van der Waals surface area (Å²) < 4.78 is 5.32. The number of anilines is 1. The molecule has 2 amide bonds. The molecule has 0 fully saturated rings. The normalized spacial score (nSPS) is 10.2. The fraction of sp³-hybridized carbons (Fsp3) is 0.174. The van der Waals surface area contributed by atoms with Gasteiger partial charge in [-0.15, -0.1) is 0 Å². The van der Waals surface area contributed by atoms with Crippen LogP contribution in [0.4, 0.5) is 5.69 Å². The van der Waals surface area contributed by atoms with Crippen LogP contribution in [0, 0.1) is 11.3 Å². The van der Waals surface area contributed by atoms with Crippen molar-refractivity contribution in [1.82, 2.24) is 20.6 Å². The molecule has 0 spiro atoms. The number of amides is 2. The average Bonchev–Trinajstić information content (AvgIpc) is 2.82. The van der Waals surface area contributed by atoms with Gasteiger partial charge >= 0.3 is 0 Å². The van der Waals surface area contributed by atoms with Crippen LogP contribution in [-0.2, 0) is 6.54 Å². The van der Waals surface area contributed by atoms with Crippen LogP contribution >= 0.6 is 0 Å². The maximum atomic E-state index is 12.5. The number of nitrogens with zero attached hydrogens (tertiary/aromatic N) is 3. The van der Waals surface area contributed by atoms with Crippen molar-refractivity contribution in [3.63, 3.8) is 0 Å². The summed E-state index contributed by atoms with van der Waals surface area (Å²) in [5.41, 5.74) is 8.97. The number of nitriles is 1. The third kappa shape index (κ3) is 4.99. The number of nitrogens with one attached hydrogen (secondary N) is 2. The van der Waals surface area contributed by atoms with Crippen LogP contribution in [-0.4, -0.2) is 35.4 Å². The van der Waals surface area contributed by atoms with Crippen LogP contribution in [0.1, 0.15) is 38.9 Å². The van der Waals surface area contributed by atoms with Crippen molar-refractivity contribution in [3.05, 3.63) is 71.0 Å². The lowest BCUT2D eigenvalue weighted by Gasteiger charge is -2.10. The van der Waals surface area contributed by atoms with Gasteiger partial charge in [0, 0.05) is 30.9 Å². The number of pyridine rings is 2. The van der Waals surface area contributed by atoms with Crippen molar-refractivity contribution in [2.24, 2.45) is 0 Å². The Kier molecular flexibility index (Phi) is 6.98. The third-order valence-electron chi connectivity index (χ3n) is 4.57. The lowest BCUT2D eigenvalue weighted by Crippen LogP contribution is -2.24. The summed E-state index contributed by atoms with van der Waals surface area (Å²) in [6.07, 6.45) is 1.65. The standard InChI is InChI=1S/C23H22N6O3/c1-3-32-23-17(11-24)18(25)10-20(29-23)22(31)28-13-14-7-8-19(27-12-14)15-5-4-6-16(9-15)21(30)26-2/h4-10,12H,3,13H2,1-2H3,(H2,25,29)(H,26,30)(H,28,31). The Labute approximate surface area is 185 Å². The number of nitrogen functional groups attached to an aromatic ring is 1. The molecular formula is C23H22N6O3. The van der Waals surface area contributed by atoms with Crippen molar-refractivity contribution < 1.29 is 14.3 Å². The van der Waals surface area contributed by atoms with E-state index >= 15 is 0 Å². The van der Waals surface area contributed by atoms with Gasteiger partial charge in [0.15, 0.2) is 0 Å². The zero-order valence-corrected chi connectivity index (χ0v) is 17.7. The number of carbonyl (C=O) groups is 2. The van der Waals surface area contributed by atoms with E-state index in [1.54, 1.807) is 38.4 Å². The highest BCUT2D eigenvalue weighted by molar-refractivity contribution is 5.95. The van der Waals surface area contributed by atoms with E-state index in [2.05, 4.69) is 20.6 Å². The molecule has 2 heterocycles. The molecule has 0 bridgehead atoms. The molecular weight excluding hydrogens is 408 g/mol. The van der Waals surface area contributed by atoms with Crippen molar-refractivity contribution in [3.8, 4) is 23.2 Å². The summed E-state index contributed by atoms with van der Waals surface area (Å²) >= 11 is 0.